The van der Waals surface area contributed by atoms with Gasteiger partial charge in [0.1, 0.15) is 0 Å². The highest BCUT2D eigenvalue weighted by atomic mass is 16.5. The van der Waals surface area contributed by atoms with Crippen molar-refractivity contribution in [3.63, 3.8) is 0 Å². The number of ether oxygens (including phenoxy) is 1. The van der Waals surface area contributed by atoms with Gasteiger partial charge in [-0.3, -0.25) is 9.89 Å². The summed E-state index contributed by atoms with van der Waals surface area (Å²) in [5.74, 6) is 0.491. The maximum atomic E-state index is 12.5. The topological polar surface area (TPSA) is 71.1 Å². The van der Waals surface area contributed by atoms with E-state index in [2.05, 4.69) is 21.2 Å². The summed E-state index contributed by atoms with van der Waals surface area (Å²) >= 11 is 0. The Morgan fingerprint density at radius 2 is 2.00 bits per heavy atom. The van der Waals surface area contributed by atoms with Crippen LogP contribution in [0.15, 0.2) is 54.7 Å². The highest BCUT2D eigenvalue weighted by Gasteiger charge is 2.12. The van der Waals surface area contributed by atoms with Crippen molar-refractivity contribution in [2.75, 3.05) is 20.2 Å². The zero-order valence-electron chi connectivity index (χ0n) is 15.7. The second-order valence-corrected chi connectivity index (χ2v) is 6.29. The molecular formula is C21H24N4O2. The molecule has 0 aliphatic heterocycles. The van der Waals surface area contributed by atoms with E-state index in [1.807, 2.05) is 37.3 Å². The van der Waals surface area contributed by atoms with Crippen LogP contribution in [-0.2, 0) is 6.42 Å². The zero-order chi connectivity index (χ0) is 19.1. The Kier molecular flexibility index (Phi) is 6.20. The molecule has 2 heterocycles. The number of benzene rings is 1. The van der Waals surface area contributed by atoms with Crippen LogP contribution in [0.4, 0.5) is 0 Å². The first kappa shape index (κ1) is 18.6. The summed E-state index contributed by atoms with van der Waals surface area (Å²) < 4.78 is 5.30. The number of H-pyrrole nitrogens is 1. The largest absolute Gasteiger partial charge is 0.478 e. The normalized spacial score (nSPS) is 10.6. The van der Waals surface area contributed by atoms with Gasteiger partial charge < -0.3 is 9.64 Å². The molecule has 1 N–H and O–H groups in total. The fraction of sp³-hybridized carbons (Fsp3) is 0.286. The smallest absolute Gasteiger partial charge is 0.255 e. The maximum absolute atomic E-state index is 12.5. The second-order valence-electron chi connectivity index (χ2n) is 6.29. The molecule has 2 aromatic heterocycles. The number of rotatable bonds is 8. The lowest BCUT2D eigenvalue weighted by molar-refractivity contribution is 0.0793. The second kappa shape index (κ2) is 8.98. The number of hydrogen-bond donors (Lipinski definition) is 1. The first-order valence-corrected chi connectivity index (χ1v) is 9.11. The summed E-state index contributed by atoms with van der Waals surface area (Å²) in [6.07, 6.45) is 3.24. The molecule has 1 aromatic carbocycles. The van der Waals surface area contributed by atoms with E-state index in [0.717, 1.165) is 29.8 Å². The standard InChI is InChI=1S/C21H24N4O2/c1-3-27-20-12-11-17(15-22-20)21(26)25(2)13-7-10-18-14-19(24-23-18)16-8-5-4-6-9-16/h4-6,8-9,11-12,14-15H,3,7,10,13H2,1-2H3,(H,23,24). The summed E-state index contributed by atoms with van der Waals surface area (Å²) in [6.45, 7) is 3.11. The van der Waals surface area contributed by atoms with E-state index in [4.69, 9.17) is 4.74 Å². The van der Waals surface area contributed by atoms with Crippen molar-refractivity contribution in [3.05, 3.63) is 66.0 Å². The molecule has 3 aromatic rings. The van der Waals surface area contributed by atoms with Gasteiger partial charge in [0.05, 0.1) is 17.9 Å². The number of amides is 1. The minimum Gasteiger partial charge on any atom is -0.478 e. The van der Waals surface area contributed by atoms with Crippen molar-refractivity contribution in [3.8, 4) is 17.1 Å². The van der Waals surface area contributed by atoms with E-state index in [1.165, 1.54) is 0 Å². The SMILES string of the molecule is CCOc1ccc(C(=O)N(C)CCCc2cc(-c3ccccc3)n[nH]2)cn1. The number of nitrogens with zero attached hydrogens (tertiary/aromatic N) is 3. The fourth-order valence-corrected chi connectivity index (χ4v) is 2.82. The highest BCUT2D eigenvalue weighted by molar-refractivity contribution is 5.93. The number of carbonyl (C=O) groups excluding carboxylic acids is 1. The molecular weight excluding hydrogens is 340 g/mol. The van der Waals surface area contributed by atoms with Crippen LogP contribution in [0.1, 0.15) is 29.4 Å². The Morgan fingerprint density at radius 1 is 1.19 bits per heavy atom. The van der Waals surface area contributed by atoms with E-state index in [9.17, 15) is 4.79 Å². The monoisotopic (exact) mass is 364 g/mol. The summed E-state index contributed by atoms with van der Waals surface area (Å²) in [6, 6.07) is 15.6. The number of aryl methyl sites for hydroxylation is 1. The predicted octanol–water partition coefficient (Wildman–Crippen LogP) is 3.58. The zero-order valence-corrected chi connectivity index (χ0v) is 15.7. The van der Waals surface area contributed by atoms with Gasteiger partial charge in [0.15, 0.2) is 0 Å². The highest BCUT2D eigenvalue weighted by Crippen LogP contribution is 2.17. The molecule has 0 unspecified atom stereocenters. The Hall–Kier alpha value is -3.15. The van der Waals surface area contributed by atoms with Gasteiger partial charge in [0, 0.05) is 37.1 Å². The van der Waals surface area contributed by atoms with Gasteiger partial charge in [0.2, 0.25) is 5.88 Å². The van der Waals surface area contributed by atoms with Crippen LogP contribution < -0.4 is 4.74 Å². The van der Waals surface area contributed by atoms with E-state index in [1.54, 1.807) is 30.3 Å². The first-order valence-electron chi connectivity index (χ1n) is 9.11. The van der Waals surface area contributed by atoms with Crippen molar-refractivity contribution in [2.45, 2.75) is 19.8 Å². The van der Waals surface area contributed by atoms with Gasteiger partial charge in [-0.2, -0.15) is 5.10 Å². The predicted molar refractivity (Wildman–Crippen MR) is 105 cm³/mol. The van der Waals surface area contributed by atoms with Crippen molar-refractivity contribution in [1.82, 2.24) is 20.1 Å². The molecule has 0 aliphatic carbocycles. The minimum absolute atomic E-state index is 0.0415. The van der Waals surface area contributed by atoms with Crippen molar-refractivity contribution in [1.29, 1.82) is 0 Å². The van der Waals surface area contributed by atoms with Crippen LogP contribution in [0.3, 0.4) is 0 Å². The number of pyridine rings is 1. The molecule has 3 rings (SSSR count). The molecule has 0 saturated heterocycles. The Morgan fingerprint density at radius 3 is 2.70 bits per heavy atom. The van der Waals surface area contributed by atoms with Crippen molar-refractivity contribution in [2.24, 2.45) is 0 Å². The van der Waals surface area contributed by atoms with Crippen LogP contribution in [0, 0.1) is 0 Å². The molecule has 0 fully saturated rings. The molecule has 140 valence electrons. The molecule has 0 aliphatic rings. The van der Waals surface area contributed by atoms with Crippen LogP contribution >= 0.6 is 0 Å². The third-order valence-electron chi connectivity index (χ3n) is 4.26. The first-order chi connectivity index (χ1) is 13.2. The molecule has 6 heteroatoms. The van der Waals surface area contributed by atoms with E-state index >= 15 is 0 Å². The van der Waals surface area contributed by atoms with Gasteiger partial charge >= 0.3 is 0 Å². The maximum Gasteiger partial charge on any atom is 0.255 e. The Balaban J connectivity index is 1.50. The number of carbonyl (C=O) groups is 1. The number of nitrogens with one attached hydrogen (secondary N) is 1. The van der Waals surface area contributed by atoms with Crippen LogP contribution in [-0.4, -0.2) is 46.2 Å². The third kappa shape index (κ3) is 4.94. The van der Waals surface area contributed by atoms with Gasteiger partial charge in [-0.1, -0.05) is 30.3 Å². The molecule has 6 nitrogen and oxygen atoms in total. The number of hydrogen-bond acceptors (Lipinski definition) is 4. The minimum atomic E-state index is -0.0415. The van der Waals surface area contributed by atoms with Crippen molar-refractivity contribution >= 4 is 5.91 Å². The molecule has 27 heavy (non-hydrogen) atoms. The summed E-state index contributed by atoms with van der Waals surface area (Å²) in [5.41, 5.74) is 3.66. The average Bonchev–Trinajstić information content (AvgIpc) is 3.18. The molecule has 0 spiro atoms. The average molecular weight is 364 g/mol. The van der Waals surface area contributed by atoms with Crippen LogP contribution in [0.2, 0.25) is 0 Å². The van der Waals surface area contributed by atoms with Gasteiger partial charge in [0.25, 0.3) is 5.91 Å². The number of aromatic amines is 1. The van der Waals surface area contributed by atoms with E-state index < -0.39 is 0 Å². The lowest BCUT2D eigenvalue weighted by Crippen LogP contribution is -2.28. The van der Waals surface area contributed by atoms with E-state index in [0.29, 0.717) is 24.6 Å². The van der Waals surface area contributed by atoms with E-state index in [-0.39, 0.29) is 5.91 Å². The van der Waals surface area contributed by atoms with Crippen molar-refractivity contribution < 1.29 is 9.53 Å². The molecule has 0 saturated carbocycles. The fourth-order valence-electron chi connectivity index (χ4n) is 2.82. The van der Waals surface area contributed by atoms with Gasteiger partial charge in [-0.15, -0.1) is 0 Å². The van der Waals surface area contributed by atoms with Crippen LogP contribution in [0.5, 0.6) is 5.88 Å². The quantitative estimate of drug-likeness (QED) is 0.663. The lowest BCUT2D eigenvalue weighted by Gasteiger charge is -2.16. The van der Waals surface area contributed by atoms with Gasteiger partial charge in [-0.05, 0) is 31.9 Å². The van der Waals surface area contributed by atoms with Gasteiger partial charge in [-0.25, -0.2) is 4.98 Å². The third-order valence-corrected chi connectivity index (χ3v) is 4.26. The molecule has 0 radical (unpaired) electrons. The van der Waals surface area contributed by atoms with Crippen LogP contribution in [0.25, 0.3) is 11.3 Å². The molecule has 0 bridgehead atoms. The Bertz CT molecular complexity index is 859. The summed E-state index contributed by atoms with van der Waals surface area (Å²) in [4.78, 5) is 18.3. The summed E-state index contributed by atoms with van der Waals surface area (Å²) in [5, 5.41) is 7.44. The lowest BCUT2D eigenvalue weighted by atomic mass is 10.1. The number of aromatic nitrogens is 3. The Labute approximate surface area is 159 Å². The summed E-state index contributed by atoms with van der Waals surface area (Å²) in [7, 11) is 1.81. The molecule has 1 amide bonds. The molecule has 0 atom stereocenters.